The van der Waals surface area contributed by atoms with Crippen LogP contribution in [-0.4, -0.2) is 44.8 Å². The first-order chi connectivity index (χ1) is 12.9. The number of rotatable bonds is 6. The quantitative estimate of drug-likeness (QED) is 0.746. The second-order valence-corrected chi connectivity index (χ2v) is 6.69. The second kappa shape index (κ2) is 7.73. The van der Waals surface area contributed by atoms with Crippen LogP contribution >= 0.6 is 0 Å². The first-order valence-electron chi connectivity index (χ1n) is 9.01. The largest absolute Gasteiger partial charge is 0.465 e. The Balaban J connectivity index is 1.83. The van der Waals surface area contributed by atoms with Crippen LogP contribution in [0.2, 0.25) is 0 Å². The number of anilines is 2. The molecule has 3 rings (SSSR count). The highest BCUT2D eigenvalue weighted by Gasteiger charge is 2.33. The van der Waals surface area contributed by atoms with Gasteiger partial charge < -0.3 is 15.4 Å². The summed E-state index contributed by atoms with van der Waals surface area (Å²) in [6.07, 6.45) is 3.68. The Labute approximate surface area is 157 Å². The molecule has 2 aromatic heterocycles. The monoisotopic (exact) mass is 372 g/mol. The van der Waals surface area contributed by atoms with Crippen molar-refractivity contribution >= 4 is 23.6 Å². The number of carbonyl (C=O) groups excluding carboxylic acids is 2. The third-order valence-electron chi connectivity index (χ3n) is 4.39. The molecule has 0 aromatic carbocycles. The molecule has 2 aromatic rings. The molecule has 0 saturated heterocycles. The van der Waals surface area contributed by atoms with Crippen molar-refractivity contribution in [2.75, 3.05) is 23.8 Å². The SMILES string of the molecule is CCOC(=O)CNc1ncc(C2CC(=O)Nc3c2c(C)nn3C(C)C)cn1. The average Bonchev–Trinajstić information content (AvgIpc) is 2.97. The fraction of sp³-hybridized carbons (Fsp3) is 0.500. The summed E-state index contributed by atoms with van der Waals surface area (Å²) in [6.45, 7) is 8.07. The molecule has 9 heteroatoms. The van der Waals surface area contributed by atoms with Crippen LogP contribution in [0, 0.1) is 6.92 Å². The van der Waals surface area contributed by atoms with Crippen molar-refractivity contribution in [1.82, 2.24) is 19.7 Å². The summed E-state index contributed by atoms with van der Waals surface area (Å²) in [5.74, 6) is 0.504. The van der Waals surface area contributed by atoms with Crippen LogP contribution in [0.1, 0.15) is 56.0 Å². The van der Waals surface area contributed by atoms with E-state index < -0.39 is 0 Å². The Hall–Kier alpha value is -2.97. The lowest BCUT2D eigenvalue weighted by Gasteiger charge is -2.24. The molecule has 2 N–H and O–H groups in total. The molecule has 9 nitrogen and oxygen atoms in total. The molecule has 0 radical (unpaired) electrons. The van der Waals surface area contributed by atoms with E-state index in [9.17, 15) is 9.59 Å². The van der Waals surface area contributed by atoms with Crippen molar-refractivity contribution in [3.63, 3.8) is 0 Å². The lowest BCUT2D eigenvalue weighted by atomic mass is 9.87. The predicted octanol–water partition coefficient (Wildman–Crippen LogP) is 2.01. The van der Waals surface area contributed by atoms with Gasteiger partial charge in [-0.05, 0) is 33.3 Å². The van der Waals surface area contributed by atoms with Crippen molar-refractivity contribution in [3.8, 4) is 0 Å². The number of amides is 1. The van der Waals surface area contributed by atoms with Gasteiger partial charge in [-0.15, -0.1) is 0 Å². The van der Waals surface area contributed by atoms with Gasteiger partial charge in [0.2, 0.25) is 11.9 Å². The van der Waals surface area contributed by atoms with Crippen LogP contribution in [-0.2, 0) is 14.3 Å². The van der Waals surface area contributed by atoms with Gasteiger partial charge >= 0.3 is 5.97 Å². The zero-order chi connectivity index (χ0) is 19.6. The van der Waals surface area contributed by atoms with E-state index >= 15 is 0 Å². The van der Waals surface area contributed by atoms with Gasteiger partial charge in [-0.25, -0.2) is 14.6 Å². The summed E-state index contributed by atoms with van der Waals surface area (Å²) >= 11 is 0. The van der Waals surface area contributed by atoms with Crippen LogP contribution in [0.4, 0.5) is 11.8 Å². The van der Waals surface area contributed by atoms with E-state index in [-0.39, 0.29) is 30.4 Å². The van der Waals surface area contributed by atoms with Gasteiger partial charge in [0.1, 0.15) is 12.4 Å². The summed E-state index contributed by atoms with van der Waals surface area (Å²) < 4.78 is 6.70. The van der Waals surface area contributed by atoms with Crippen LogP contribution in [0.15, 0.2) is 12.4 Å². The fourth-order valence-corrected chi connectivity index (χ4v) is 3.20. The highest BCUT2D eigenvalue weighted by atomic mass is 16.5. The Morgan fingerprint density at radius 3 is 2.74 bits per heavy atom. The number of carbonyl (C=O) groups is 2. The van der Waals surface area contributed by atoms with E-state index in [0.29, 0.717) is 19.0 Å². The van der Waals surface area contributed by atoms with Gasteiger partial charge in [0.25, 0.3) is 0 Å². The Kier molecular flexibility index (Phi) is 5.38. The van der Waals surface area contributed by atoms with Crippen molar-refractivity contribution < 1.29 is 14.3 Å². The standard InChI is InChI=1S/C18H24N6O3/c1-5-27-15(26)9-21-18-19-7-12(8-20-18)13-6-14(25)22-17-16(13)11(4)23-24(17)10(2)3/h7-8,10,13H,5-6,9H2,1-4H3,(H,22,25)(H,19,20,21). The van der Waals surface area contributed by atoms with E-state index in [2.05, 4.69) is 25.7 Å². The number of aryl methyl sites for hydroxylation is 1. The molecule has 0 saturated carbocycles. The molecule has 0 bridgehead atoms. The molecule has 1 aliphatic heterocycles. The molecule has 0 aliphatic carbocycles. The van der Waals surface area contributed by atoms with E-state index in [0.717, 1.165) is 22.6 Å². The third kappa shape index (κ3) is 3.91. The Morgan fingerprint density at radius 2 is 2.11 bits per heavy atom. The van der Waals surface area contributed by atoms with Gasteiger partial charge in [0.15, 0.2) is 0 Å². The summed E-state index contributed by atoms with van der Waals surface area (Å²) in [7, 11) is 0. The maximum Gasteiger partial charge on any atom is 0.325 e. The number of hydrogen-bond acceptors (Lipinski definition) is 7. The Morgan fingerprint density at radius 1 is 1.41 bits per heavy atom. The molecule has 1 atom stereocenters. The van der Waals surface area contributed by atoms with Crippen LogP contribution in [0.3, 0.4) is 0 Å². The predicted molar refractivity (Wildman–Crippen MR) is 99.6 cm³/mol. The highest BCUT2D eigenvalue weighted by molar-refractivity contribution is 5.94. The van der Waals surface area contributed by atoms with Gasteiger partial charge in [-0.3, -0.25) is 9.59 Å². The van der Waals surface area contributed by atoms with Crippen molar-refractivity contribution in [1.29, 1.82) is 0 Å². The van der Waals surface area contributed by atoms with E-state index in [1.165, 1.54) is 0 Å². The number of ether oxygens (including phenoxy) is 1. The topological polar surface area (TPSA) is 111 Å². The maximum absolute atomic E-state index is 12.2. The number of nitrogens with one attached hydrogen (secondary N) is 2. The van der Waals surface area contributed by atoms with Crippen LogP contribution in [0.25, 0.3) is 0 Å². The lowest BCUT2D eigenvalue weighted by Crippen LogP contribution is -2.25. The molecule has 3 heterocycles. The average molecular weight is 372 g/mol. The molecular formula is C18H24N6O3. The van der Waals surface area contributed by atoms with Crippen molar-refractivity contribution in [2.24, 2.45) is 0 Å². The van der Waals surface area contributed by atoms with Crippen LogP contribution < -0.4 is 10.6 Å². The Bertz CT molecular complexity index is 844. The molecule has 27 heavy (non-hydrogen) atoms. The second-order valence-electron chi connectivity index (χ2n) is 6.69. The molecule has 0 fully saturated rings. The number of esters is 1. The first-order valence-corrected chi connectivity index (χ1v) is 9.01. The van der Waals surface area contributed by atoms with Gasteiger partial charge in [0, 0.05) is 36.3 Å². The fourth-order valence-electron chi connectivity index (χ4n) is 3.20. The molecule has 1 amide bonds. The minimum Gasteiger partial charge on any atom is -0.465 e. The smallest absolute Gasteiger partial charge is 0.325 e. The summed E-state index contributed by atoms with van der Waals surface area (Å²) in [5, 5.41) is 10.4. The molecule has 0 spiro atoms. The summed E-state index contributed by atoms with van der Waals surface area (Å²) in [5.41, 5.74) is 2.71. The molecule has 144 valence electrons. The van der Waals surface area contributed by atoms with Gasteiger partial charge in [-0.1, -0.05) is 0 Å². The van der Waals surface area contributed by atoms with E-state index in [4.69, 9.17) is 4.74 Å². The number of nitrogens with zero attached hydrogens (tertiary/aromatic N) is 4. The maximum atomic E-state index is 12.2. The summed E-state index contributed by atoms with van der Waals surface area (Å²) in [4.78, 5) is 32.2. The summed E-state index contributed by atoms with van der Waals surface area (Å²) in [6, 6.07) is 0.136. The first kappa shape index (κ1) is 18.8. The molecule has 1 aliphatic rings. The zero-order valence-corrected chi connectivity index (χ0v) is 15.9. The third-order valence-corrected chi connectivity index (χ3v) is 4.39. The lowest BCUT2D eigenvalue weighted by molar-refractivity contribution is -0.140. The molecule has 1 unspecified atom stereocenters. The highest BCUT2D eigenvalue weighted by Crippen LogP contribution is 2.39. The minimum absolute atomic E-state index is 0.00341. The van der Waals surface area contributed by atoms with Crippen molar-refractivity contribution in [3.05, 3.63) is 29.2 Å². The van der Waals surface area contributed by atoms with Gasteiger partial charge in [-0.2, -0.15) is 5.10 Å². The normalized spacial score (nSPS) is 16.0. The number of fused-ring (bicyclic) bond motifs is 1. The van der Waals surface area contributed by atoms with Gasteiger partial charge in [0.05, 0.1) is 12.3 Å². The van der Waals surface area contributed by atoms with E-state index in [1.54, 1.807) is 19.3 Å². The number of hydrogen-bond donors (Lipinski definition) is 2. The van der Waals surface area contributed by atoms with E-state index in [1.807, 2.05) is 25.5 Å². The van der Waals surface area contributed by atoms with Crippen molar-refractivity contribution in [2.45, 2.75) is 46.1 Å². The minimum atomic E-state index is -0.365. The molecular weight excluding hydrogens is 348 g/mol. The zero-order valence-electron chi connectivity index (χ0n) is 15.9. The number of aromatic nitrogens is 4. The van der Waals surface area contributed by atoms with Crippen LogP contribution in [0.5, 0.6) is 0 Å².